The van der Waals surface area contributed by atoms with Crippen LogP contribution in [0.5, 0.6) is 0 Å². The van der Waals surface area contributed by atoms with Gasteiger partial charge in [0.05, 0.1) is 0 Å². The molecule has 0 saturated carbocycles. The summed E-state index contributed by atoms with van der Waals surface area (Å²) in [7, 11) is 2.04. The van der Waals surface area contributed by atoms with E-state index in [0.29, 0.717) is 5.71 Å². The molecule has 0 saturated heterocycles. The first kappa shape index (κ1) is 9.78. The lowest BCUT2D eigenvalue weighted by Crippen LogP contribution is -2.18. The van der Waals surface area contributed by atoms with Gasteiger partial charge < -0.3 is 10.3 Å². The van der Waals surface area contributed by atoms with Crippen LogP contribution < -0.4 is 0 Å². The Morgan fingerprint density at radius 2 is 2.08 bits per heavy atom. The van der Waals surface area contributed by atoms with Gasteiger partial charge in [-0.25, -0.2) is 0 Å². The second-order valence-corrected chi connectivity index (χ2v) is 3.28. The molecule has 0 aromatic carbocycles. The number of allylic oxidation sites excluding steroid dienone is 5. The van der Waals surface area contributed by atoms with Gasteiger partial charge in [-0.05, 0) is 38.5 Å². The predicted octanol–water partition coefficient (Wildman–Crippen LogP) is 2.71. The van der Waals surface area contributed by atoms with E-state index in [2.05, 4.69) is 17.9 Å². The normalized spacial score (nSPS) is 20.0. The Hall–Kier alpha value is -1.31. The molecule has 1 aliphatic rings. The summed E-state index contributed by atoms with van der Waals surface area (Å²) in [6, 6.07) is 0. The Kier molecular flexibility index (Phi) is 2.71. The van der Waals surface area contributed by atoms with E-state index in [0.717, 1.165) is 11.3 Å². The molecule has 0 aromatic rings. The second kappa shape index (κ2) is 3.60. The highest BCUT2D eigenvalue weighted by Gasteiger charge is 2.11. The molecule has 2 heteroatoms. The van der Waals surface area contributed by atoms with Gasteiger partial charge in [-0.3, -0.25) is 0 Å². The zero-order valence-electron chi connectivity index (χ0n) is 8.68. The van der Waals surface area contributed by atoms with E-state index < -0.39 is 0 Å². The maximum absolute atomic E-state index is 7.55. The van der Waals surface area contributed by atoms with Crippen LogP contribution in [0.3, 0.4) is 0 Å². The summed E-state index contributed by atoms with van der Waals surface area (Å²) in [5, 5.41) is 7.55. The first-order valence-electron chi connectivity index (χ1n) is 4.42. The van der Waals surface area contributed by atoms with Crippen molar-refractivity contribution in [1.82, 2.24) is 4.90 Å². The number of rotatable bonds is 1. The topological polar surface area (TPSA) is 27.1 Å². The molecule has 0 atom stereocenters. The van der Waals surface area contributed by atoms with Gasteiger partial charge in [0.15, 0.2) is 0 Å². The first-order valence-corrected chi connectivity index (χ1v) is 4.42. The monoisotopic (exact) mass is 176 g/mol. The average Bonchev–Trinajstić information content (AvgIpc) is 2.09. The van der Waals surface area contributed by atoms with Gasteiger partial charge >= 0.3 is 0 Å². The van der Waals surface area contributed by atoms with Crippen LogP contribution in [0, 0.1) is 5.41 Å². The Labute approximate surface area is 79.8 Å². The summed E-state index contributed by atoms with van der Waals surface area (Å²) in [4.78, 5) is 2.12. The van der Waals surface area contributed by atoms with Gasteiger partial charge in [-0.1, -0.05) is 6.08 Å². The molecule has 13 heavy (non-hydrogen) atoms. The maximum atomic E-state index is 7.55. The largest absolute Gasteiger partial charge is 0.349 e. The molecular weight excluding hydrogens is 160 g/mol. The van der Waals surface area contributed by atoms with Crippen molar-refractivity contribution in [3.05, 3.63) is 35.2 Å². The molecule has 0 aromatic heterocycles. The molecular formula is C11H16N2. The van der Waals surface area contributed by atoms with Crippen molar-refractivity contribution in [2.24, 2.45) is 0 Å². The zero-order chi connectivity index (χ0) is 10.0. The summed E-state index contributed by atoms with van der Waals surface area (Å²) in [6.07, 6.45) is 6.13. The molecule has 0 radical (unpaired) electrons. The molecule has 2 nitrogen and oxygen atoms in total. The highest BCUT2D eigenvalue weighted by atomic mass is 15.1. The Morgan fingerprint density at radius 3 is 2.54 bits per heavy atom. The van der Waals surface area contributed by atoms with Gasteiger partial charge in [0.2, 0.25) is 0 Å². The highest BCUT2D eigenvalue weighted by molar-refractivity contribution is 5.99. The van der Waals surface area contributed by atoms with Crippen LogP contribution in [-0.4, -0.2) is 17.7 Å². The average molecular weight is 176 g/mol. The zero-order valence-corrected chi connectivity index (χ0v) is 8.68. The van der Waals surface area contributed by atoms with Crippen LogP contribution in [0.15, 0.2) is 35.2 Å². The molecule has 0 amide bonds. The van der Waals surface area contributed by atoms with E-state index in [-0.39, 0.29) is 0 Å². The third-order valence-electron chi connectivity index (χ3n) is 2.31. The van der Waals surface area contributed by atoms with Crippen molar-refractivity contribution in [2.45, 2.75) is 20.8 Å². The highest BCUT2D eigenvalue weighted by Crippen LogP contribution is 2.21. The fourth-order valence-electron chi connectivity index (χ4n) is 1.32. The van der Waals surface area contributed by atoms with Crippen LogP contribution in [0.25, 0.3) is 0 Å². The van der Waals surface area contributed by atoms with E-state index in [9.17, 15) is 0 Å². The van der Waals surface area contributed by atoms with E-state index in [1.165, 1.54) is 5.70 Å². The predicted molar refractivity (Wildman–Crippen MR) is 56.8 cm³/mol. The minimum atomic E-state index is 0.617. The SMILES string of the molecule is CC=C1C=C(C(C)=N)C=C(C)N1C. The van der Waals surface area contributed by atoms with Crippen LogP contribution >= 0.6 is 0 Å². The molecule has 1 aliphatic heterocycles. The molecule has 0 unspecified atom stereocenters. The van der Waals surface area contributed by atoms with Gasteiger partial charge in [-0.2, -0.15) is 0 Å². The van der Waals surface area contributed by atoms with Crippen molar-refractivity contribution in [2.75, 3.05) is 7.05 Å². The Bertz CT molecular complexity index is 319. The van der Waals surface area contributed by atoms with Crippen LogP contribution in [0.4, 0.5) is 0 Å². The molecule has 0 bridgehead atoms. The van der Waals surface area contributed by atoms with Crippen LogP contribution in [0.2, 0.25) is 0 Å². The van der Waals surface area contributed by atoms with Crippen molar-refractivity contribution in [1.29, 1.82) is 5.41 Å². The van der Waals surface area contributed by atoms with E-state index in [4.69, 9.17) is 5.41 Å². The fraction of sp³-hybridized carbons (Fsp3) is 0.364. The number of likely N-dealkylation sites (N-methyl/N-ethyl adjacent to an activating group) is 1. The number of nitrogens with zero attached hydrogens (tertiary/aromatic N) is 1. The van der Waals surface area contributed by atoms with Crippen molar-refractivity contribution in [3.8, 4) is 0 Å². The molecule has 0 spiro atoms. The standard InChI is InChI=1S/C11H16N2/c1-5-11-7-10(9(3)12)6-8(2)13(11)4/h5-7,12H,1-4H3. The summed E-state index contributed by atoms with van der Waals surface area (Å²) in [5.74, 6) is 0. The number of nitrogens with one attached hydrogen (secondary N) is 1. The van der Waals surface area contributed by atoms with Crippen molar-refractivity contribution in [3.63, 3.8) is 0 Å². The van der Waals surface area contributed by atoms with E-state index >= 15 is 0 Å². The molecule has 0 aliphatic carbocycles. The molecule has 1 heterocycles. The molecule has 70 valence electrons. The van der Waals surface area contributed by atoms with Crippen LogP contribution in [-0.2, 0) is 0 Å². The lowest BCUT2D eigenvalue weighted by molar-refractivity contribution is 0.530. The van der Waals surface area contributed by atoms with Crippen LogP contribution in [0.1, 0.15) is 20.8 Å². The van der Waals surface area contributed by atoms with E-state index in [1.807, 2.05) is 33.0 Å². The van der Waals surface area contributed by atoms with Gasteiger partial charge in [0, 0.05) is 24.2 Å². The quantitative estimate of drug-likeness (QED) is 0.611. The van der Waals surface area contributed by atoms with E-state index in [1.54, 1.807) is 0 Å². The molecule has 1 N–H and O–H groups in total. The van der Waals surface area contributed by atoms with Gasteiger partial charge in [-0.15, -0.1) is 0 Å². The van der Waals surface area contributed by atoms with Crippen molar-refractivity contribution < 1.29 is 0 Å². The summed E-state index contributed by atoms with van der Waals surface area (Å²) >= 11 is 0. The molecule has 0 fully saturated rings. The lowest BCUT2D eigenvalue weighted by atomic mass is 10.0. The van der Waals surface area contributed by atoms with Crippen molar-refractivity contribution >= 4 is 5.71 Å². The minimum Gasteiger partial charge on any atom is -0.349 e. The Morgan fingerprint density at radius 1 is 1.46 bits per heavy atom. The third-order valence-corrected chi connectivity index (χ3v) is 2.31. The smallest absolute Gasteiger partial charge is 0.0368 e. The maximum Gasteiger partial charge on any atom is 0.0368 e. The number of hydrogen-bond donors (Lipinski definition) is 1. The fourth-order valence-corrected chi connectivity index (χ4v) is 1.32. The summed E-state index contributed by atoms with van der Waals surface area (Å²) in [5.41, 5.74) is 3.95. The molecule has 1 rings (SSSR count). The number of hydrogen-bond acceptors (Lipinski definition) is 2. The Balaban J connectivity index is 3.10. The first-order chi connectivity index (χ1) is 6.06. The lowest BCUT2D eigenvalue weighted by Gasteiger charge is -2.25. The van der Waals surface area contributed by atoms with Gasteiger partial charge in [0.25, 0.3) is 0 Å². The summed E-state index contributed by atoms with van der Waals surface area (Å²) < 4.78 is 0. The summed E-state index contributed by atoms with van der Waals surface area (Å²) in [6.45, 7) is 5.88. The third kappa shape index (κ3) is 1.89. The minimum absolute atomic E-state index is 0.617. The van der Waals surface area contributed by atoms with Gasteiger partial charge in [0.1, 0.15) is 0 Å². The second-order valence-electron chi connectivity index (χ2n) is 3.28.